The van der Waals surface area contributed by atoms with Crippen LogP contribution in [0.2, 0.25) is 0 Å². The molecule has 0 radical (unpaired) electrons. The largest absolute Gasteiger partial charge is 0.374 e. The zero-order chi connectivity index (χ0) is 14.4. The molecule has 0 fully saturated rings. The van der Waals surface area contributed by atoms with E-state index in [9.17, 15) is 9.18 Å². The van der Waals surface area contributed by atoms with Crippen molar-refractivity contribution >= 4 is 11.6 Å². The molecule has 2 atom stereocenters. The van der Waals surface area contributed by atoms with Crippen LogP contribution in [0.3, 0.4) is 0 Å². The molecule has 0 aliphatic rings. The van der Waals surface area contributed by atoms with E-state index in [0.29, 0.717) is 0 Å². The molecule has 2 unspecified atom stereocenters. The van der Waals surface area contributed by atoms with E-state index in [1.165, 1.54) is 12.1 Å². The third-order valence-corrected chi connectivity index (χ3v) is 3.06. The van der Waals surface area contributed by atoms with Gasteiger partial charge in [-0.05, 0) is 51.0 Å². The highest BCUT2D eigenvalue weighted by Gasteiger charge is 2.15. The zero-order valence-electron chi connectivity index (χ0n) is 12.1. The Morgan fingerprint density at radius 2 is 2.05 bits per heavy atom. The average Bonchev–Trinajstić information content (AvgIpc) is 2.32. The molecule has 0 heterocycles. The number of rotatable bonds is 6. The average molecular weight is 266 g/mol. The van der Waals surface area contributed by atoms with Crippen LogP contribution >= 0.6 is 0 Å². The number of amides is 1. The molecule has 0 aliphatic heterocycles. The second kappa shape index (κ2) is 7.12. The van der Waals surface area contributed by atoms with Gasteiger partial charge in [-0.25, -0.2) is 4.39 Å². The Labute approximate surface area is 114 Å². The minimum absolute atomic E-state index is 0.0373. The Morgan fingerprint density at radius 1 is 1.37 bits per heavy atom. The van der Waals surface area contributed by atoms with Gasteiger partial charge in [0.2, 0.25) is 5.91 Å². The fourth-order valence-corrected chi connectivity index (χ4v) is 1.96. The van der Waals surface area contributed by atoms with E-state index in [0.717, 1.165) is 24.1 Å². The van der Waals surface area contributed by atoms with Crippen LogP contribution < -0.4 is 10.6 Å². The summed E-state index contributed by atoms with van der Waals surface area (Å²) in [5.41, 5.74) is 1.58. The highest BCUT2D eigenvalue weighted by Crippen LogP contribution is 2.16. The topological polar surface area (TPSA) is 41.1 Å². The lowest BCUT2D eigenvalue weighted by Crippen LogP contribution is -2.42. The van der Waals surface area contributed by atoms with Gasteiger partial charge in [0, 0.05) is 11.7 Å². The molecule has 0 aliphatic carbocycles. The molecule has 0 bridgehead atoms. The van der Waals surface area contributed by atoms with E-state index < -0.39 is 0 Å². The molecule has 0 saturated carbocycles. The Balaban J connectivity index is 2.58. The summed E-state index contributed by atoms with van der Waals surface area (Å²) in [6.07, 6.45) is 2.01. The van der Waals surface area contributed by atoms with Crippen LogP contribution in [0.15, 0.2) is 18.2 Å². The van der Waals surface area contributed by atoms with Crippen LogP contribution in [0, 0.1) is 12.7 Å². The molecular formula is C15H23FN2O. The minimum Gasteiger partial charge on any atom is -0.374 e. The van der Waals surface area contributed by atoms with Crippen molar-refractivity contribution in [1.29, 1.82) is 0 Å². The molecule has 0 aromatic heterocycles. The molecule has 1 aromatic rings. The Bertz CT molecular complexity index is 434. The van der Waals surface area contributed by atoms with Crippen molar-refractivity contribution in [3.05, 3.63) is 29.6 Å². The van der Waals surface area contributed by atoms with Crippen molar-refractivity contribution in [3.63, 3.8) is 0 Å². The maximum absolute atomic E-state index is 13.0. The summed E-state index contributed by atoms with van der Waals surface area (Å²) >= 11 is 0. The van der Waals surface area contributed by atoms with Crippen LogP contribution in [0.1, 0.15) is 39.2 Å². The molecule has 3 nitrogen and oxygen atoms in total. The normalized spacial score (nSPS) is 13.7. The molecule has 2 N–H and O–H groups in total. The summed E-state index contributed by atoms with van der Waals surface area (Å²) in [6.45, 7) is 7.70. The summed E-state index contributed by atoms with van der Waals surface area (Å²) in [5, 5.41) is 6.06. The number of halogens is 1. The Hall–Kier alpha value is -1.58. The third-order valence-electron chi connectivity index (χ3n) is 3.06. The lowest BCUT2D eigenvalue weighted by atomic mass is 10.1. The van der Waals surface area contributed by atoms with Gasteiger partial charge >= 0.3 is 0 Å². The summed E-state index contributed by atoms with van der Waals surface area (Å²) in [4.78, 5) is 12.0. The number of hydrogen-bond acceptors (Lipinski definition) is 2. The first-order chi connectivity index (χ1) is 8.93. The highest BCUT2D eigenvalue weighted by molar-refractivity contribution is 5.84. The maximum atomic E-state index is 13.0. The van der Waals surface area contributed by atoms with Crippen molar-refractivity contribution in [1.82, 2.24) is 5.32 Å². The first kappa shape index (κ1) is 15.5. The monoisotopic (exact) mass is 266 g/mol. The Morgan fingerprint density at radius 3 is 2.63 bits per heavy atom. The third kappa shape index (κ3) is 4.89. The maximum Gasteiger partial charge on any atom is 0.242 e. The second-order valence-electron chi connectivity index (χ2n) is 5.02. The predicted octanol–water partition coefficient (Wildman–Crippen LogP) is 3.24. The van der Waals surface area contributed by atoms with Crippen molar-refractivity contribution in [3.8, 4) is 0 Å². The molecule has 19 heavy (non-hydrogen) atoms. The quantitative estimate of drug-likeness (QED) is 0.830. The molecule has 0 spiro atoms. The number of benzene rings is 1. The van der Waals surface area contributed by atoms with E-state index in [2.05, 4.69) is 17.6 Å². The second-order valence-corrected chi connectivity index (χ2v) is 5.02. The lowest BCUT2D eigenvalue weighted by Gasteiger charge is -2.19. The van der Waals surface area contributed by atoms with Gasteiger partial charge in [0.15, 0.2) is 0 Å². The van der Waals surface area contributed by atoms with E-state index in [1.54, 1.807) is 13.0 Å². The molecule has 4 heteroatoms. The van der Waals surface area contributed by atoms with Gasteiger partial charge in [-0.3, -0.25) is 4.79 Å². The van der Waals surface area contributed by atoms with Crippen LogP contribution in [0.5, 0.6) is 0 Å². The van der Waals surface area contributed by atoms with Gasteiger partial charge in [-0.2, -0.15) is 0 Å². The fourth-order valence-electron chi connectivity index (χ4n) is 1.96. The molecule has 106 valence electrons. The lowest BCUT2D eigenvalue weighted by molar-refractivity contribution is -0.122. The van der Waals surface area contributed by atoms with Gasteiger partial charge in [-0.15, -0.1) is 0 Å². The summed E-state index contributed by atoms with van der Waals surface area (Å²) in [6, 6.07) is 4.33. The van der Waals surface area contributed by atoms with Crippen molar-refractivity contribution in [2.75, 3.05) is 5.32 Å². The van der Waals surface area contributed by atoms with E-state index >= 15 is 0 Å². The molecule has 0 saturated heterocycles. The fraction of sp³-hybridized carbons (Fsp3) is 0.533. The van der Waals surface area contributed by atoms with Crippen LogP contribution in [0.4, 0.5) is 10.1 Å². The number of carbonyl (C=O) groups excluding carboxylic acids is 1. The number of carbonyl (C=O) groups is 1. The van der Waals surface area contributed by atoms with Gasteiger partial charge in [-0.1, -0.05) is 13.3 Å². The van der Waals surface area contributed by atoms with Crippen molar-refractivity contribution < 1.29 is 9.18 Å². The molecule has 1 amide bonds. The number of hydrogen-bond donors (Lipinski definition) is 2. The van der Waals surface area contributed by atoms with E-state index in [4.69, 9.17) is 0 Å². The number of aryl methyl sites for hydroxylation is 1. The van der Waals surface area contributed by atoms with Crippen molar-refractivity contribution in [2.45, 2.75) is 52.6 Å². The highest BCUT2D eigenvalue weighted by atomic mass is 19.1. The minimum atomic E-state index is -0.344. The van der Waals surface area contributed by atoms with Gasteiger partial charge in [0.1, 0.15) is 11.9 Å². The van der Waals surface area contributed by atoms with Crippen LogP contribution in [0.25, 0.3) is 0 Å². The molecule has 1 rings (SSSR count). The molecular weight excluding hydrogens is 243 g/mol. The predicted molar refractivity (Wildman–Crippen MR) is 76.7 cm³/mol. The summed E-state index contributed by atoms with van der Waals surface area (Å²) < 4.78 is 13.0. The number of anilines is 1. The summed E-state index contributed by atoms with van der Waals surface area (Å²) in [7, 11) is 0. The SMILES string of the molecule is CCCC(C)NC(=O)C(C)Nc1ccc(F)cc1C. The van der Waals surface area contributed by atoms with Gasteiger partial charge in [0.05, 0.1) is 0 Å². The first-order valence-electron chi connectivity index (χ1n) is 6.77. The zero-order valence-corrected chi connectivity index (χ0v) is 12.1. The standard InChI is InChI=1S/C15H23FN2O/c1-5-6-11(3)17-15(19)12(4)18-14-8-7-13(16)9-10(14)2/h7-9,11-12,18H,5-6H2,1-4H3,(H,17,19). The van der Waals surface area contributed by atoms with Crippen molar-refractivity contribution in [2.24, 2.45) is 0 Å². The van der Waals surface area contributed by atoms with Crippen LogP contribution in [-0.4, -0.2) is 18.0 Å². The molecule has 1 aromatic carbocycles. The first-order valence-corrected chi connectivity index (χ1v) is 6.77. The number of nitrogens with one attached hydrogen (secondary N) is 2. The smallest absolute Gasteiger partial charge is 0.242 e. The Kier molecular flexibility index (Phi) is 5.80. The summed E-state index contributed by atoms with van der Waals surface area (Å²) in [5.74, 6) is -0.304. The van der Waals surface area contributed by atoms with E-state index in [1.807, 2.05) is 13.8 Å². The van der Waals surface area contributed by atoms with E-state index in [-0.39, 0.29) is 23.8 Å². The van der Waals surface area contributed by atoms with Crippen LogP contribution in [-0.2, 0) is 4.79 Å². The van der Waals surface area contributed by atoms with Gasteiger partial charge < -0.3 is 10.6 Å². The van der Waals surface area contributed by atoms with Gasteiger partial charge in [0.25, 0.3) is 0 Å².